The molecule has 0 saturated heterocycles. The predicted octanol–water partition coefficient (Wildman–Crippen LogP) is -1.11. The summed E-state index contributed by atoms with van der Waals surface area (Å²) in [5.74, 6) is 0. The van der Waals surface area contributed by atoms with Gasteiger partial charge in [-0.2, -0.15) is 0 Å². The minimum atomic E-state index is -0.329. The number of aromatic nitrogens is 2. The minimum Gasteiger partial charge on any atom is -0.326 e. The molecule has 0 unspecified atom stereocenters. The molecule has 2 N–H and O–H groups in total. The van der Waals surface area contributed by atoms with Crippen LogP contribution in [-0.2, 0) is 13.6 Å². The van der Waals surface area contributed by atoms with Gasteiger partial charge in [0.05, 0.1) is 0 Å². The summed E-state index contributed by atoms with van der Waals surface area (Å²) >= 11 is 0. The highest BCUT2D eigenvalue weighted by Crippen LogP contribution is 1.81. The Kier molecular flexibility index (Phi) is 2.67. The molecule has 1 atom stereocenters. The SMILES string of the molecule is C[C@@H](N)Cn1ccc(=O)n(C)c1=O. The molecule has 0 radical (unpaired) electrons. The fourth-order valence-corrected chi connectivity index (χ4v) is 1.07. The summed E-state index contributed by atoms with van der Waals surface area (Å²) in [7, 11) is 1.45. The van der Waals surface area contributed by atoms with E-state index < -0.39 is 0 Å². The largest absolute Gasteiger partial charge is 0.330 e. The molecule has 5 heteroatoms. The van der Waals surface area contributed by atoms with Crippen LogP contribution in [0.4, 0.5) is 0 Å². The average molecular weight is 183 g/mol. The first-order valence-corrected chi connectivity index (χ1v) is 4.04. The van der Waals surface area contributed by atoms with E-state index in [2.05, 4.69) is 0 Å². The summed E-state index contributed by atoms with van der Waals surface area (Å²) in [6.45, 7) is 2.23. The lowest BCUT2D eigenvalue weighted by atomic mass is 10.3. The lowest BCUT2D eigenvalue weighted by molar-refractivity contribution is 0.538. The first-order valence-electron chi connectivity index (χ1n) is 4.04. The molecule has 0 fully saturated rings. The Morgan fingerprint density at radius 2 is 2.15 bits per heavy atom. The Hall–Kier alpha value is -1.36. The zero-order valence-corrected chi connectivity index (χ0v) is 7.73. The lowest BCUT2D eigenvalue weighted by Gasteiger charge is -2.08. The zero-order chi connectivity index (χ0) is 10.0. The van der Waals surface area contributed by atoms with E-state index in [4.69, 9.17) is 5.73 Å². The smallest absolute Gasteiger partial charge is 0.326 e. The van der Waals surface area contributed by atoms with Gasteiger partial charge in [0.1, 0.15) is 0 Å². The number of hydrogen-bond acceptors (Lipinski definition) is 3. The number of rotatable bonds is 2. The molecular weight excluding hydrogens is 170 g/mol. The lowest BCUT2D eigenvalue weighted by Crippen LogP contribution is -2.39. The molecule has 0 aromatic carbocycles. The van der Waals surface area contributed by atoms with Gasteiger partial charge in [-0.3, -0.25) is 13.9 Å². The van der Waals surface area contributed by atoms with Crippen LogP contribution in [0.5, 0.6) is 0 Å². The van der Waals surface area contributed by atoms with Crippen molar-refractivity contribution in [1.82, 2.24) is 9.13 Å². The zero-order valence-electron chi connectivity index (χ0n) is 7.73. The molecule has 0 aliphatic heterocycles. The Morgan fingerprint density at radius 3 is 2.69 bits per heavy atom. The van der Waals surface area contributed by atoms with E-state index in [1.165, 1.54) is 23.9 Å². The average Bonchev–Trinajstić information content (AvgIpc) is 2.06. The Bertz CT molecular complexity index is 403. The molecule has 0 bridgehead atoms. The van der Waals surface area contributed by atoms with Crippen molar-refractivity contribution in [3.05, 3.63) is 33.1 Å². The quantitative estimate of drug-likeness (QED) is 0.632. The van der Waals surface area contributed by atoms with Gasteiger partial charge in [0.25, 0.3) is 5.56 Å². The fourth-order valence-electron chi connectivity index (χ4n) is 1.07. The van der Waals surface area contributed by atoms with Crippen LogP contribution in [0.15, 0.2) is 21.9 Å². The molecule has 0 amide bonds. The highest BCUT2D eigenvalue weighted by atomic mass is 16.2. The topological polar surface area (TPSA) is 70.0 Å². The van der Waals surface area contributed by atoms with Crippen LogP contribution in [0.3, 0.4) is 0 Å². The van der Waals surface area contributed by atoms with Crippen molar-refractivity contribution in [2.75, 3.05) is 0 Å². The summed E-state index contributed by atoms with van der Waals surface area (Å²) in [4.78, 5) is 22.4. The van der Waals surface area contributed by atoms with Gasteiger partial charge in [-0.25, -0.2) is 4.79 Å². The molecule has 0 saturated carbocycles. The van der Waals surface area contributed by atoms with Crippen LogP contribution in [0.25, 0.3) is 0 Å². The van der Waals surface area contributed by atoms with Crippen molar-refractivity contribution in [1.29, 1.82) is 0 Å². The van der Waals surface area contributed by atoms with Crippen LogP contribution in [0, 0.1) is 0 Å². The first-order chi connectivity index (χ1) is 6.02. The monoisotopic (exact) mass is 183 g/mol. The van der Waals surface area contributed by atoms with E-state index in [9.17, 15) is 9.59 Å². The van der Waals surface area contributed by atoms with Gasteiger partial charge in [0, 0.05) is 31.9 Å². The molecule has 1 heterocycles. The summed E-state index contributed by atoms with van der Waals surface area (Å²) in [5, 5.41) is 0. The minimum absolute atomic E-state index is 0.102. The standard InChI is InChI=1S/C8H13N3O2/c1-6(9)5-11-4-3-7(12)10(2)8(11)13/h3-4,6H,5,9H2,1-2H3/t6-/m1/s1. The highest BCUT2D eigenvalue weighted by Gasteiger charge is 2.02. The van der Waals surface area contributed by atoms with Crippen molar-refractivity contribution in [2.24, 2.45) is 12.8 Å². The Balaban J connectivity index is 3.19. The van der Waals surface area contributed by atoms with Crippen LogP contribution in [0.2, 0.25) is 0 Å². The molecule has 1 rings (SSSR count). The Morgan fingerprint density at radius 1 is 1.54 bits per heavy atom. The van der Waals surface area contributed by atoms with Gasteiger partial charge in [-0.1, -0.05) is 0 Å². The fraction of sp³-hybridized carbons (Fsp3) is 0.500. The highest BCUT2D eigenvalue weighted by molar-refractivity contribution is 4.85. The first kappa shape index (κ1) is 9.73. The van der Waals surface area contributed by atoms with E-state index in [-0.39, 0.29) is 17.3 Å². The molecular formula is C8H13N3O2. The summed E-state index contributed by atoms with van der Waals surface area (Å²) in [6.07, 6.45) is 1.47. The van der Waals surface area contributed by atoms with Crippen LogP contribution < -0.4 is 17.0 Å². The maximum atomic E-state index is 11.4. The molecule has 1 aromatic heterocycles. The number of nitrogens with zero attached hydrogens (tertiary/aromatic N) is 2. The van der Waals surface area contributed by atoms with Crippen molar-refractivity contribution < 1.29 is 0 Å². The Labute approximate surface area is 75.4 Å². The molecule has 5 nitrogen and oxygen atoms in total. The van der Waals surface area contributed by atoms with Crippen molar-refractivity contribution >= 4 is 0 Å². The molecule has 1 aromatic rings. The van der Waals surface area contributed by atoms with Gasteiger partial charge in [0.2, 0.25) is 0 Å². The summed E-state index contributed by atoms with van der Waals surface area (Å²) in [6, 6.07) is 1.25. The number of hydrogen-bond donors (Lipinski definition) is 1. The van der Waals surface area contributed by atoms with Gasteiger partial charge in [-0.05, 0) is 6.92 Å². The second-order valence-electron chi connectivity index (χ2n) is 3.13. The van der Waals surface area contributed by atoms with Crippen LogP contribution >= 0.6 is 0 Å². The van der Waals surface area contributed by atoms with Gasteiger partial charge >= 0.3 is 5.69 Å². The molecule has 0 aliphatic carbocycles. The predicted molar refractivity (Wildman–Crippen MR) is 49.6 cm³/mol. The van der Waals surface area contributed by atoms with Crippen LogP contribution in [-0.4, -0.2) is 15.2 Å². The van der Waals surface area contributed by atoms with E-state index in [1.54, 1.807) is 6.92 Å². The maximum absolute atomic E-state index is 11.4. The summed E-state index contributed by atoms with van der Waals surface area (Å²) in [5.41, 5.74) is 4.91. The van der Waals surface area contributed by atoms with E-state index in [1.807, 2.05) is 0 Å². The molecule has 0 aliphatic rings. The van der Waals surface area contributed by atoms with Gasteiger partial charge < -0.3 is 5.73 Å². The summed E-state index contributed by atoms with van der Waals surface area (Å²) < 4.78 is 2.48. The van der Waals surface area contributed by atoms with Gasteiger partial charge in [-0.15, -0.1) is 0 Å². The third-order valence-corrected chi connectivity index (χ3v) is 1.74. The van der Waals surface area contributed by atoms with Crippen molar-refractivity contribution in [3.8, 4) is 0 Å². The van der Waals surface area contributed by atoms with Crippen molar-refractivity contribution in [2.45, 2.75) is 19.5 Å². The van der Waals surface area contributed by atoms with Crippen LogP contribution in [0.1, 0.15) is 6.92 Å². The second kappa shape index (κ2) is 3.57. The normalized spacial score (nSPS) is 12.8. The number of nitrogens with two attached hydrogens (primary N) is 1. The molecule has 0 spiro atoms. The maximum Gasteiger partial charge on any atom is 0.330 e. The molecule has 13 heavy (non-hydrogen) atoms. The second-order valence-corrected chi connectivity index (χ2v) is 3.13. The van der Waals surface area contributed by atoms with Crippen molar-refractivity contribution in [3.63, 3.8) is 0 Å². The third-order valence-electron chi connectivity index (χ3n) is 1.74. The van der Waals surface area contributed by atoms with E-state index in [0.29, 0.717) is 6.54 Å². The molecule has 72 valence electrons. The van der Waals surface area contributed by atoms with Gasteiger partial charge in [0.15, 0.2) is 0 Å². The third kappa shape index (κ3) is 2.06. The van der Waals surface area contributed by atoms with E-state index in [0.717, 1.165) is 4.57 Å². The van der Waals surface area contributed by atoms with E-state index >= 15 is 0 Å².